The predicted octanol–water partition coefficient (Wildman–Crippen LogP) is 24.1. The minimum Gasteiger partial charge on any atom is -0.481 e. The summed E-state index contributed by atoms with van der Waals surface area (Å²) in [6, 6.07) is 19.7. The molecule has 9 atom stereocenters. The zero-order valence-electron chi connectivity index (χ0n) is 77.1. The first kappa shape index (κ1) is 105. The smallest absolute Gasteiger partial charge is 0.336 e. The van der Waals surface area contributed by atoms with Gasteiger partial charge < -0.3 is 43.7 Å². The molecule has 0 aromatic heterocycles. The number of carbonyl (C=O) groups is 9. The second kappa shape index (κ2) is 44.6. The van der Waals surface area contributed by atoms with Gasteiger partial charge in [0.1, 0.15) is 23.6 Å². The summed E-state index contributed by atoms with van der Waals surface area (Å²) in [6.45, 7) is 64.4. The fourth-order valence-electron chi connectivity index (χ4n) is 13.8. The average Bonchev–Trinajstić information content (AvgIpc) is 1.56. The van der Waals surface area contributed by atoms with E-state index in [9.17, 15) is 48.3 Å². The van der Waals surface area contributed by atoms with Crippen LogP contribution in [0.1, 0.15) is 347 Å². The number of rotatable bonds is 25. The van der Waals surface area contributed by atoms with Crippen molar-refractivity contribution in [2.24, 2.45) is 96.1 Å². The summed E-state index contributed by atoms with van der Waals surface area (Å²) in [4.78, 5) is 102. The highest BCUT2D eigenvalue weighted by Gasteiger charge is 2.61. The van der Waals surface area contributed by atoms with Crippen LogP contribution in [0, 0.1) is 96.1 Å². The van der Waals surface area contributed by atoms with Gasteiger partial charge in [0.2, 0.25) is 0 Å². The molecular weight excluding hydrogens is 1440 g/mol. The van der Waals surface area contributed by atoms with E-state index in [1.165, 1.54) is 57.4 Å². The van der Waals surface area contributed by atoms with Gasteiger partial charge >= 0.3 is 53.7 Å². The second-order valence-corrected chi connectivity index (χ2v) is 40.0. The Hall–Kier alpha value is -6.85. The monoisotopic (exact) mass is 1600 g/mol. The third-order valence-corrected chi connectivity index (χ3v) is 26.0. The molecule has 0 radical (unpaired) electrons. The van der Waals surface area contributed by atoms with Gasteiger partial charge in [0.25, 0.3) is 0 Å². The Morgan fingerprint density at radius 1 is 0.465 bits per heavy atom. The molecule has 18 nitrogen and oxygen atoms in total. The molecular formula is C96H158O18. The van der Waals surface area contributed by atoms with Crippen LogP contribution in [0.25, 0.3) is 10.8 Å². The third kappa shape index (κ3) is 32.6. The first-order valence-corrected chi connectivity index (χ1v) is 42.6. The van der Waals surface area contributed by atoms with Crippen LogP contribution in [0.3, 0.4) is 0 Å². The maximum absolute atomic E-state index is 12.1. The fourth-order valence-corrected chi connectivity index (χ4v) is 13.8. The van der Waals surface area contributed by atoms with Gasteiger partial charge in [0, 0.05) is 5.39 Å². The van der Waals surface area contributed by atoms with Gasteiger partial charge in [-0.2, -0.15) is 0 Å². The molecule has 8 rings (SSSR count). The van der Waals surface area contributed by atoms with Gasteiger partial charge in [-0.05, 0) is 295 Å². The quantitative estimate of drug-likeness (QED) is 0.0404. The number of hydrogen-bond donors (Lipinski definition) is 3. The normalized spacial score (nSPS) is 20.8. The lowest BCUT2D eigenvalue weighted by atomic mass is 9.67. The van der Waals surface area contributed by atoms with E-state index in [0.29, 0.717) is 84.7 Å². The molecule has 0 aliphatic heterocycles. The van der Waals surface area contributed by atoms with E-state index in [0.717, 1.165) is 67.3 Å². The number of benzene rings is 3. The highest BCUT2D eigenvalue weighted by molar-refractivity contribution is 6.05. The predicted molar refractivity (Wildman–Crippen MR) is 457 cm³/mol. The molecule has 4 bridgehead atoms. The van der Waals surface area contributed by atoms with Crippen LogP contribution in [0.4, 0.5) is 0 Å². The summed E-state index contributed by atoms with van der Waals surface area (Å²) in [6.07, 6.45) is 17.8. The minimum absolute atomic E-state index is 0.000690. The van der Waals surface area contributed by atoms with Crippen LogP contribution >= 0.6 is 0 Å². The SMILES string of the molecule is CCC(C)(C)C(=O)O.CCC(C)(C)C(=O)O.CCC(C)(C)C(=O)OC(C)(C)C.CCC(C)(C)C(=O)OCC1CC2CC1C1CCCC21.CCC(C)(C)C(=O)OCC1CC2CCC1(C)C2(C)C.CCC(C)(C)C(=O)OCc1ccccc1.CCC(C)(C)CC(=O)OC(C)(C)C.CCC(C)C(=O)Oc1cccc2c(C(=O)O)cccc12. The van der Waals surface area contributed by atoms with Gasteiger partial charge in [0.15, 0.2) is 0 Å². The van der Waals surface area contributed by atoms with Crippen molar-refractivity contribution >= 4 is 64.5 Å². The van der Waals surface area contributed by atoms with Crippen LogP contribution in [-0.2, 0) is 68.6 Å². The lowest BCUT2D eigenvalue weighted by Gasteiger charge is -2.39. The standard InChI is InChI=1S/C17H28O2.C17H30O2.C16H16O4.C13H18O2.C11H22O2.C10H20O2.2C6H12O2/c1-4-17(2,3)16(18)19-10-12-8-11-9-15(12)14-7-5-6-13(11)14;1-7-15(2,3)14(18)19-11-13-10-12-8-9-17(13,6)16(12,4)5;1-3-10(2)16(19)20-14-9-5-6-11-12(14)7-4-8-13(11)15(17)18;1-4-13(2,3)12(14)15-10-11-8-6-5-7-9-11;1-7-11(5,6)8-9(12)13-10(2,3)4;1-7-10(5,6)8(11)12-9(2,3)4;2*1-4-6(2,3)5(7)8/h11-15H,4-10H2,1-3H3;12-13H,7-11H2,1-6H3;4-10H,3H2,1-2H3,(H,17,18);5-9H,4,10H2,1-3H3;7-8H2,1-6H3;7H2,1-6H3;2*4H2,1-3H3,(H,7,8). The summed E-state index contributed by atoms with van der Waals surface area (Å²) >= 11 is 0. The summed E-state index contributed by atoms with van der Waals surface area (Å²) in [5.74, 6) is 2.97. The molecule has 5 aliphatic rings. The Bertz CT molecular complexity index is 3510. The molecule has 18 heteroatoms. The minimum atomic E-state index is -0.999. The molecule has 0 heterocycles. The lowest BCUT2D eigenvalue weighted by molar-refractivity contribution is -0.166. The number of aromatic carboxylic acids is 1. The maximum atomic E-state index is 12.1. The highest BCUT2D eigenvalue weighted by atomic mass is 16.6. The van der Waals surface area contributed by atoms with Crippen molar-refractivity contribution in [1.82, 2.24) is 0 Å². The summed E-state index contributed by atoms with van der Waals surface area (Å²) in [7, 11) is 0. The first-order chi connectivity index (χ1) is 52.1. The van der Waals surface area contributed by atoms with Crippen molar-refractivity contribution in [3.05, 3.63) is 77.9 Å². The molecule has 3 aromatic rings. The number of carboxylic acids is 3. The van der Waals surface area contributed by atoms with Crippen molar-refractivity contribution in [3.63, 3.8) is 0 Å². The van der Waals surface area contributed by atoms with E-state index >= 15 is 0 Å². The van der Waals surface area contributed by atoms with Crippen molar-refractivity contribution in [2.75, 3.05) is 13.2 Å². The van der Waals surface area contributed by atoms with Gasteiger partial charge in [-0.3, -0.25) is 38.4 Å². The first-order valence-electron chi connectivity index (χ1n) is 42.6. The molecule has 5 saturated carbocycles. The number of carboxylic acid groups (broad SMARTS) is 3. The zero-order chi connectivity index (χ0) is 88.4. The van der Waals surface area contributed by atoms with Crippen molar-refractivity contribution < 1.29 is 86.9 Å². The van der Waals surface area contributed by atoms with Crippen LogP contribution < -0.4 is 4.74 Å². The molecule has 3 aromatic carbocycles. The number of hydrogen-bond acceptors (Lipinski definition) is 15. The van der Waals surface area contributed by atoms with Crippen molar-refractivity contribution in [3.8, 4) is 5.75 Å². The maximum Gasteiger partial charge on any atom is 0.336 e. The van der Waals surface area contributed by atoms with Crippen molar-refractivity contribution in [1.29, 1.82) is 0 Å². The van der Waals surface area contributed by atoms with E-state index in [1.54, 1.807) is 65.0 Å². The number of aliphatic carboxylic acids is 2. The van der Waals surface area contributed by atoms with E-state index < -0.39 is 28.7 Å². The zero-order valence-corrected chi connectivity index (χ0v) is 77.1. The van der Waals surface area contributed by atoms with E-state index in [4.69, 9.17) is 38.6 Å². The molecule has 3 N–H and O–H groups in total. The summed E-state index contributed by atoms with van der Waals surface area (Å²) < 4.78 is 32.4. The van der Waals surface area contributed by atoms with E-state index in [2.05, 4.69) is 48.5 Å². The third-order valence-electron chi connectivity index (χ3n) is 26.0. The van der Waals surface area contributed by atoms with Crippen LogP contribution in [0.15, 0.2) is 66.7 Å². The summed E-state index contributed by atoms with van der Waals surface area (Å²) in [5, 5.41) is 27.2. The van der Waals surface area contributed by atoms with E-state index in [1.807, 2.05) is 169 Å². The molecule has 5 fully saturated rings. The lowest BCUT2D eigenvalue weighted by Crippen LogP contribution is -2.36. The largest absolute Gasteiger partial charge is 0.481 e. The fraction of sp³-hybridized carbons (Fsp3) is 0.740. The Labute approximate surface area is 689 Å². The molecule has 114 heavy (non-hydrogen) atoms. The Morgan fingerprint density at radius 2 is 0.912 bits per heavy atom. The molecule has 0 spiro atoms. The van der Waals surface area contributed by atoms with Crippen LogP contribution in [0.5, 0.6) is 5.75 Å². The molecule has 9 unspecified atom stereocenters. The molecule has 5 aliphatic carbocycles. The number of carbonyl (C=O) groups excluding carboxylic acids is 6. The number of fused-ring (bicyclic) bond motifs is 8. The van der Waals surface area contributed by atoms with Gasteiger partial charge in [-0.25, -0.2) is 4.79 Å². The van der Waals surface area contributed by atoms with Gasteiger partial charge in [-0.15, -0.1) is 0 Å². The highest BCUT2D eigenvalue weighted by Crippen LogP contribution is 2.68. The number of ether oxygens (including phenoxy) is 6. The number of esters is 6. The molecule has 650 valence electrons. The Kier molecular flexibility index (Phi) is 41.2. The second-order valence-electron chi connectivity index (χ2n) is 40.0. The van der Waals surface area contributed by atoms with Gasteiger partial charge in [-0.1, -0.05) is 164 Å². The summed E-state index contributed by atoms with van der Waals surface area (Å²) in [5.41, 5.74) is -1.16. The molecule has 0 amide bonds. The van der Waals surface area contributed by atoms with Crippen LogP contribution in [0.2, 0.25) is 0 Å². The van der Waals surface area contributed by atoms with Crippen LogP contribution in [-0.4, -0.2) is 93.5 Å². The average molecular weight is 1600 g/mol. The Morgan fingerprint density at radius 3 is 1.32 bits per heavy atom. The Balaban J connectivity index is 0.000000664. The topological polar surface area (TPSA) is 270 Å². The van der Waals surface area contributed by atoms with Gasteiger partial charge in [0.05, 0.1) is 63.6 Å². The van der Waals surface area contributed by atoms with Crippen molar-refractivity contribution in [2.45, 2.75) is 349 Å². The van der Waals surface area contributed by atoms with E-state index in [-0.39, 0.29) is 85.6 Å². The molecule has 0 saturated heterocycles.